The van der Waals surface area contributed by atoms with Crippen LogP contribution >= 0.6 is 11.6 Å². The van der Waals surface area contributed by atoms with E-state index in [0.29, 0.717) is 23.5 Å². The van der Waals surface area contributed by atoms with Gasteiger partial charge in [0.15, 0.2) is 0 Å². The van der Waals surface area contributed by atoms with Crippen molar-refractivity contribution < 1.29 is 4.79 Å². The molecule has 3 atom stereocenters. The van der Waals surface area contributed by atoms with Crippen molar-refractivity contribution in [3.05, 3.63) is 29.3 Å². The third kappa shape index (κ3) is 4.22. The molecule has 1 aliphatic rings. The number of rotatable bonds is 4. The van der Waals surface area contributed by atoms with Crippen LogP contribution in [0.25, 0.3) is 0 Å². The molecule has 1 aliphatic carbocycles. The molecule has 110 valence electrons. The van der Waals surface area contributed by atoms with Crippen molar-refractivity contribution in [1.29, 1.82) is 0 Å². The van der Waals surface area contributed by atoms with Gasteiger partial charge in [0.1, 0.15) is 0 Å². The first-order chi connectivity index (χ1) is 9.56. The molecule has 0 bridgehead atoms. The molecule has 3 unspecified atom stereocenters. The maximum absolute atomic E-state index is 11.9. The third-order valence-corrected chi connectivity index (χ3v) is 4.58. The van der Waals surface area contributed by atoms with E-state index < -0.39 is 0 Å². The van der Waals surface area contributed by atoms with E-state index in [1.807, 2.05) is 12.1 Å². The van der Waals surface area contributed by atoms with Crippen molar-refractivity contribution in [1.82, 2.24) is 5.32 Å². The minimum atomic E-state index is -0.0160. The highest BCUT2D eigenvalue weighted by Crippen LogP contribution is 2.29. The lowest BCUT2D eigenvalue weighted by molar-refractivity contribution is -0.115. The summed E-state index contributed by atoms with van der Waals surface area (Å²) in [7, 11) is 0. The van der Waals surface area contributed by atoms with Crippen LogP contribution in [0.4, 0.5) is 5.69 Å². The van der Waals surface area contributed by atoms with Gasteiger partial charge in [-0.25, -0.2) is 0 Å². The molecule has 4 heteroatoms. The van der Waals surface area contributed by atoms with Crippen LogP contribution in [0.3, 0.4) is 0 Å². The van der Waals surface area contributed by atoms with E-state index in [9.17, 15) is 4.79 Å². The molecule has 0 spiro atoms. The van der Waals surface area contributed by atoms with Gasteiger partial charge in [0, 0.05) is 16.8 Å². The fraction of sp³-hybridized carbons (Fsp3) is 0.562. The molecule has 1 amide bonds. The maximum Gasteiger partial charge on any atom is 0.238 e. The van der Waals surface area contributed by atoms with Crippen molar-refractivity contribution in [3.63, 3.8) is 0 Å². The van der Waals surface area contributed by atoms with Crippen LogP contribution in [0.2, 0.25) is 5.02 Å². The fourth-order valence-corrected chi connectivity index (χ4v) is 3.06. The summed E-state index contributed by atoms with van der Waals surface area (Å²) >= 11 is 5.90. The smallest absolute Gasteiger partial charge is 0.238 e. The number of nitrogens with one attached hydrogen (secondary N) is 2. The highest BCUT2D eigenvalue weighted by atomic mass is 35.5. The first-order valence-electron chi connectivity index (χ1n) is 7.35. The zero-order valence-corrected chi connectivity index (χ0v) is 12.9. The summed E-state index contributed by atoms with van der Waals surface area (Å²) in [5, 5.41) is 6.88. The van der Waals surface area contributed by atoms with Crippen molar-refractivity contribution >= 4 is 23.2 Å². The van der Waals surface area contributed by atoms with Gasteiger partial charge in [-0.05, 0) is 36.5 Å². The second-order valence-electron chi connectivity index (χ2n) is 5.81. The molecule has 3 nitrogen and oxygen atoms in total. The topological polar surface area (TPSA) is 41.1 Å². The van der Waals surface area contributed by atoms with Crippen LogP contribution in [-0.2, 0) is 4.79 Å². The number of hydrogen-bond donors (Lipinski definition) is 2. The van der Waals surface area contributed by atoms with Gasteiger partial charge in [-0.3, -0.25) is 4.79 Å². The molecular formula is C16H23ClN2O. The summed E-state index contributed by atoms with van der Waals surface area (Å²) in [6.45, 7) is 4.93. The Hall–Kier alpha value is -1.06. The third-order valence-electron chi connectivity index (χ3n) is 4.34. The van der Waals surface area contributed by atoms with Gasteiger partial charge in [0.2, 0.25) is 5.91 Å². The van der Waals surface area contributed by atoms with Crippen LogP contribution in [0.5, 0.6) is 0 Å². The number of carbonyl (C=O) groups excluding carboxylic acids is 1. The Bertz CT molecular complexity index is 464. The van der Waals surface area contributed by atoms with Gasteiger partial charge in [0.05, 0.1) is 6.54 Å². The van der Waals surface area contributed by atoms with Crippen LogP contribution in [0.15, 0.2) is 24.3 Å². The van der Waals surface area contributed by atoms with Crippen LogP contribution in [0, 0.1) is 11.8 Å². The van der Waals surface area contributed by atoms with E-state index in [2.05, 4.69) is 24.5 Å². The second kappa shape index (κ2) is 7.09. The highest BCUT2D eigenvalue weighted by molar-refractivity contribution is 6.30. The Morgan fingerprint density at radius 1 is 1.35 bits per heavy atom. The number of benzene rings is 1. The van der Waals surface area contributed by atoms with Gasteiger partial charge in [0.25, 0.3) is 0 Å². The van der Waals surface area contributed by atoms with Gasteiger partial charge < -0.3 is 10.6 Å². The van der Waals surface area contributed by atoms with Gasteiger partial charge in [-0.2, -0.15) is 0 Å². The van der Waals surface area contributed by atoms with Crippen molar-refractivity contribution in [2.45, 2.75) is 39.2 Å². The van der Waals surface area contributed by atoms with E-state index in [-0.39, 0.29) is 5.91 Å². The molecule has 2 N–H and O–H groups in total. The predicted octanol–water partition coefficient (Wildman–Crippen LogP) is 3.69. The average Bonchev–Trinajstić information content (AvgIpc) is 2.40. The monoisotopic (exact) mass is 294 g/mol. The molecular weight excluding hydrogens is 272 g/mol. The zero-order chi connectivity index (χ0) is 14.5. The van der Waals surface area contributed by atoms with Crippen molar-refractivity contribution in [2.75, 3.05) is 11.9 Å². The molecule has 1 aromatic carbocycles. The normalized spacial score (nSPS) is 26.2. The lowest BCUT2D eigenvalue weighted by atomic mass is 9.78. The van der Waals surface area contributed by atoms with Gasteiger partial charge in [-0.15, -0.1) is 0 Å². The number of hydrogen-bond acceptors (Lipinski definition) is 2. The summed E-state index contributed by atoms with van der Waals surface area (Å²) in [6, 6.07) is 7.67. The standard InChI is InChI=1S/C16H23ClN2O/c1-11-5-3-8-15(12(11)2)18-10-16(20)19-14-7-4-6-13(17)9-14/h4,6-7,9,11-12,15,18H,3,5,8,10H2,1-2H3,(H,19,20). The number of anilines is 1. The molecule has 1 aromatic rings. The van der Waals surface area contributed by atoms with Crippen LogP contribution < -0.4 is 10.6 Å². The van der Waals surface area contributed by atoms with Crippen LogP contribution in [0.1, 0.15) is 33.1 Å². The molecule has 0 aromatic heterocycles. The largest absolute Gasteiger partial charge is 0.325 e. The van der Waals surface area contributed by atoms with E-state index in [1.165, 1.54) is 12.8 Å². The molecule has 1 saturated carbocycles. The predicted molar refractivity (Wildman–Crippen MR) is 84.1 cm³/mol. The summed E-state index contributed by atoms with van der Waals surface area (Å²) in [5.74, 6) is 1.35. The SMILES string of the molecule is CC1CCCC(NCC(=O)Nc2cccc(Cl)c2)C1C. The Balaban J connectivity index is 1.80. The molecule has 0 saturated heterocycles. The second-order valence-corrected chi connectivity index (χ2v) is 6.25. The minimum Gasteiger partial charge on any atom is -0.325 e. The first kappa shape index (κ1) is 15.3. The highest BCUT2D eigenvalue weighted by Gasteiger charge is 2.26. The van der Waals surface area contributed by atoms with E-state index in [4.69, 9.17) is 11.6 Å². The molecule has 0 radical (unpaired) electrons. The lowest BCUT2D eigenvalue weighted by Crippen LogP contribution is -2.43. The van der Waals surface area contributed by atoms with Crippen LogP contribution in [-0.4, -0.2) is 18.5 Å². The number of carbonyl (C=O) groups is 1. The number of amides is 1. The molecule has 0 aliphatic heterocycles. The van der Waals surface area contributed by atoms with Crippen molar-refractivity contribution in [2.24, 2.45) is 11.8 Å². The van der Waals surface area contributed by atoms with E-state index >= 15 is 0 Å². The summed E-state index contributed by atoms with van der Waals surface area (Å²) < 4.78 is 0. The van der Waals surface area contributed by atoms with E-state index in [1.54, 1.807) is 12.1 Å². The average molecular weight is 295 g/mol. The fourth-order valence-electron chi connectivity index (χ4n) is 2.87. The van der Waals surface area contributed by atoms with Crippen molar-refractivity contribution in [3.8, 4) is 0 Å². The molecule has 20 heavy (non-hydrogen) atoms. The molecule has 2 rings (SSSR count). The molecule has 1 fully saturated rings. The first-order valence-corrected chi connectivity index (χ1v) is 7.73. The Morgan fingerprint density at radius 3 is 2.90 bits per heavy atom. The summed E-state index contributed by atoms with van der Waals surface area (Å²) in [6.07, 6.45) is 3.71. The zero-order valence-electron chi connectivity index (χ0n) is 12.2. The Labute approximate surface area is 126 Å². The quantitative estimate of drug-likeness (QED) is 0.889. The van der Waals surface area contributed by atoms with Gasteiger partial charge >= 0.3 is 0 Å². The Morgan fingerprint density at radius 2 is 2.15 bits per heavy atom. The number of halogens is 1. The van der Waals surface area contributed by atoms with Gasteiger partial charge in [-0.1, -0.05) is 44.4 Å². The molecule has 0 heterocycles. The minimum absolute atomic E-state index is 0.0160. The lowest BCUT2D eigenvalue weighted by Gasteiger charge is -2.34. The summed E-state index contributed by atoms with van der Waals surface area (Å²) in [4.78, 5) is 11.9. The van der Waals surface area contributed by atoms with E-state index in [0.717, 1.165) is 18.0 Å². The maximum atomic E-state index is 11.9. The summed E-state index contributed by atoms with van der Waals surface area (Å²) in [5.41, 5.74) is 0.745. The Kier molecular flexibility index (Phi) is 5.44.